The highest BCUT2D eigenvalue weighted by Gasteiger charge is 2.30. The molecule has 0 spiro atoms. The molecule has 0 atom stereocenters. The molecule has 6 nitrogen and oxygen atoms in total. The van der Waals surface area contributed by atoms with Crippen molar-refractivity contribution < 1.29 is 8.42 Å². The zero-order chi connectivity index (χ0) is 18.0. The number of nitrogens with zero attached hydrogens (tertiary/aromatic N) is 3. The minimum absolute atomic E-state index is 0.280. The van der Waals surface area contributed by atoms with Gasteiger partial charge in [-0.15, -0.1) is 0 Å². The Kier molecular flexibility index (Phi) is 5.18. The molecule has 0 radical (unpaired) electrons. The maximum atomic E-state index is 12.8. The molecule has 1 aromatic heterocycles. The highest BCUT2D eigenvalue weighted by molar-refractivity contribution is 7.93. The molecule has 1 saturated carbocycles. The number of likely N-dealkylation sites (tertiary alicyclic amines) is 1. The number of rotatable bonds is 6. The Morgan fingerprint density at radius 3 is 2.50 bits per heavy atom. The van der Waals surface area contributed by atoms with E-state index in [1.54, 1.807) is 0 Å². The lowest BCUT2D eigenvalue weighted by molar-refractivity contribution is 0.222. The second-order valence-corrected chi connectivity index (χ2v) is 9.49. The average Bonchev–Trinajstić information content (AvgIpc) is 3.29. The predicted octanol–water partition coefficient (Wildman–Crippen LogP) is 3.21. The Morgan fingerprint density at radius 1 is 1.00 bits per heavy atom. The molecule has 2 heterocycles. The maximum absolute atomic E-state index is 12.8. The smallest absolute Gasteiger partial charge is 0.237 e. The number of aromatic nitrogens is 2. The van der Waals surface area contributed by atoms with Crippen molar-refractivity contribution in [3.05, 3.63) is 24.3 Å². The van der Waals surface area contributed by atoms with Crippen LogP contribution in [0.3, 0.4) is 0 Å². The SMILES string of the molecule is O=S(=O)(Nc1nc2ccccc2n1CCN1CCCCC1)C1CCCC1. The van der Waals surface area contributed by atoms with Crippen LogP contribution in [0.15, 0.2) is 24.3 Å². The molecule has 4 rings (SSSR count). The zero-order valence-electron chi connectivity index (χ0n) is 15.2. The summed E-state index contributed by atoms with van der Waals surface area (Å²) in [6, 6.07) is 7.89. The highest BCUT2D eigenvalue weighted by atomic mass is 32.2. The summed E-state index contributed by atoms with van der Waals surface area (Å²) in [6.45, 7) is 3.95. The summed E-state index contributed by atoms with van der Waals surface area (Å²) in [7, 11) is -3.37. The monoisotopic (exact) mass is 376 g/mol. The van der Waals surface area contributed by atoms with Crippen LogP contribution in [0.4, 0.5) is 5.95 Å². The van der Waals surface area contributed by atoms with Gasteiger partial charge in [-0.25, -0.2) is 13.4 Å². The zero-order valence-corrected chi connectivity index (χ0v) is 16.0. The van der Waals surface area contributed by atoms with Crippen molar-refractivity contribution in [3.8, 4) is 0 Å². The van der Waals surface area contributed by atoms with Crippen molar-refractivity contribution in [2.75, 3.05) is 24.4 Å². The van der Waals surface area contributed by atoms with Crippen molar-refractivity contribution >= 4 is 27.0 Å². The van der Waals surface area contributed by atoms with Crippen LogP contribution in [0.2, 0.25) is 0 Å². The fourth-order valence-electron chi connectivity index (χ4n) is 4.21. The molecule has 26 heavy (non-hydrogen) atoms. The number of para-hydroxylation sites is 2. The molecule has 2 fully saturated rings. The largest absolute Gasteiger partial charge is 0.308 e. The third-order valence-electron chi connectivity index (χ3n) is 5.72. The summed E-state index contributed by atoms with van der Waals surface area (Å²) in [6.07, 6.45) is 7.33. The Labute approximate surface area is 155 Å². The van der Waals surface area contributed by atoms with Gasteiger partial charge >= 0.3 is 0 Å². The van der Waals surface area contributed by atoms with Gasteiger partial charge in [0.05, 0.1) is 16.3 Å². The molecular weight excluding hydrogens is 348 g/mol. The van der Waals surface area contributed by atoms with Gasteiger partial charge in [-0.05, 0) is 50.9 Å². The van der Waals surface area contributed by atoms with E-state index < -0.39 is 10.0 Å². The number of imidazole rings is 1. The summed E-state index contributed by atoms with van der Waals surface area (Å²) in [4.78, 5) is 7.05. The number of hydrogen-bond donors (Lipinski definition) is 1. The summed E-state index contributed by atoms with van der Waals surface area (Å²) in [5.41, 5.74) is 1.84. The molecular formula is C19H28N4O2S. The average molecular weight is 377 g/mol. The molecule has 1 saturated heterocycles. The summed E-state index contributed by atoms with van der Waals surface area (Å²) in [5, 5.41) is -0.280. The normalized spacial score (nSPS) is 20.0. The van der Waals surface area contributed by atoms with E-state index in [0.717, 1.165) is 62.9 Å². The van der Waals surface area contributed by atoms with Gasteiger partial charge in [-0.3, -0.25) is 4.72 Å². The fourth-order valence-corrected chi connectivity index (χ4v) is 5.74. The van der Waals surface area contributed by atoms with E-state index in [9.17, 15) is 8.42 Å². The van der Waals surface area contributed by atoms with Crippen LogP contribution in [-0.4, -0.2) is 47.8 Å². The molecule has 2 aromatic rings. The maximum Gasteiger partial charge on any atom is 0.237 e. The number of nitrogens with one attached hydrogen (secondary N) is 1. The van der Waals surface area contributed by atoms with Crippen LogP contribution in [0.5, 0.6) is 0 Å². The number of fused-ring (bicyclic) bond motifs is 1. The third kappa shape index (κ3) is 3.74. The molecule has 0 unspecified atom stereocenters. The van der Waals surface area contributed by atoms with Crippen molar-refractivity contribution in [2.45, 2.75) is 56.7 Å². The standard InChI is InChI=1S/C19H28N4O2S/c24-26(25,16-8-2-3-9-16)21-19-20-17-10-4-5-11-18(17)23(19)15-14-22-12-6-1-7-13-22/h4-5,10-11,16H,1-3,6-9,12-15H2,(H,20,21). The number of anilines is 1. The van der Waals surface area contributed by atoms with Gasteiger partial charge in [0.2, 0.25) is 16.0 Å². The minimum Gasteiger partial charge on any atom is -0.308 e. The van der Waals surface area contributed by atoms with Crippen LogP contribution in [-0.2, 0) is 16.6 Å². The van der Waals surface area contributed by atoms with Crippen molar-refractivity contribution in [1.82, 2.24) is 14.5 Å². The molecule has 0 bridgehead atoms. The Hall–Kier alpha value is -1.60. The number of hydrogen-bond acceptors (Lipinski definition) is 4. The number of piperidine rings is 1. The van der Waals surface area contributed by atoms with Gasteiger partial charge < -0.3 is 9.47 Å². The van der Waals surface area contributed by atoms with Crippen LogP contribution in [0.25, 0.3) is 11.0 Å². The molecule has 7 heteroatoms. The minimum atomic E-state index is -3.37. The van der Waals surface area contributed by atoms with E-state index >= 15 is 0 Å². The Morgan fingerprint density at radius 2 is 1.73 bits per heavy atom. The van der Waals surface area contributed by atoms with E-state index in [-0.39, 0.29) is 5.25 Å². The first kappa shape index (κ1) is 17.8. The molecule has 1 aromatic carbocycles. The van der Waals surface area contributed by atoms with Crippen molar-refractivity contribution in [2.24, 2.45) is 0 Å². The second-order valence-electron chi connectivity index (χ2n) is 7.53. The lowest BCUT2D eigenvalue weighted by atomic mass is 10.1. The summed E-state index contributed by atoms with van der Waals surface area (Å²) >= 11 is 0. The van der Waals surface area contributed by atoms with E-state index in [1.807, 2.05) is 28.8 Å². The van der Waals surface area contributed by atoms with E-state index in [4.69, 9.17) is 0 Å². The van der Waals surface area contributed by atoms with Gasteiger partial charge in [-0.2, -0.15) is 0 Å². The number of benzene rings is 1. The Bertz CT molecular complexity index is 850. The summed E-state index contributed by atoms with van der Waals surface area (Å²) in [5.74, 6) is 0.468. The van der Waals surface area contributed by atoms with E-state index in [0.29, 0.717) is 5.95 Å². The Balaban J connectivity index is 1.58. The second kappa shape index (κ2) is 7.56. The van der Waals surface area contributed by atoms with Crippen LogP contribution >= 0.6 is 0 Å². The van der Waals surface area contributed by atoms with Gasteiger partial charge in [0.15, 0.2) is 0 Å². The first-order valence-electron chi connectivity index (χ1n) is 9.83. The van der Waals surface area contributed by atoms with E-state index in [1.165, 1.54) is 19.3 Å². The van der Waals surface area contributed by atoms with Gasteiger partial charge in [-0.1, -0.05) is 31.4 Å². The fraction of sp³-hybridized carbons (Fsp3) is 0.632. The molecule has 1 aliphatic carbocycles. The molecule has 142 valence electrons. The first-order valence-corrected chi connectivity index (χ1v) is 11.4. The van der Waals surface area contributed by atoms with Crippen LogP contribution in [0, 0.1) is 0 Å². The quantitative estimate of drug-likeness (QED) is 0.841. The van der Waals surface area contributed by atoms with Crippen molar-refractivity contribution in [3.63, 3.8) is 0 Å². The first-order chi connectivity index (χ1) is 12.6. The van der Waals surface area contributed by atoms with Gasteiger partial charge in [0.25, 0.3) is 0 Å². The molecule has 2 aliphatic rings. The number of sulfonamides is 1. The topological polar surface area (TPSA) is 67.2 Å². The highest BCUT2D eigenvalue weighted by Crippen LogP contribution is 2.27. The van der Waals surface area contributed by atoms with Crippen LogP contribution < -0.4 is 4.72 Å². The van der Waals surface area contributed by atoms with E-state index in [2.05, 4.69) is 14.6 Å². The van der Waals surface area contributed by atoms with Gasteiger partial charge in [0.1, 0.15) is 0 Å². The lowest BCUT2D eigenvalue weighted by Gasteiger charge is -2.26. The summed E-state index contributed by atoms with van der Waals surface area (Å²) < 4.78 is 30.4. The van der Waals surface area contributed by atoms with Gasteiger partial charge in [0, 0.05) is 13.1 Å². The van der Waals surface area contributed by atoms with Crippen molar-refractivity contribution in [1.29, 1.82) is 0 Å². The lowest BCUT2D eigenvalue weighted by Crippen LogP contribution is -2.33. The third-order valence-corrected chi connectivity index (χ3v) is 7.53. The molecule has 1 aliphatic heterocycles. The molecule has 0 amide bonds. The molecule has 1 N–H and O–H groups in total. The van der Waals surface area contributed by atoms with Crippen LogP contribution in [0.1, 0.15) is 44.9 Å². The predicted molar refractivity (Wildman–Crippen MR) is 105 cm³/mol.